The van der Waals surface area contributed by atoms with Crippen molar-refractivity contribution in [2.24, 2.45) is 0 Å². The molecule has 20 heavy (non-hydrogen) atoms. The van der Waals surface area contributed by atoms with Gasteiger partial charge in [0.05, 0.1) is 12.2 Å². The summed E-state index contributed by atoms with van der Waals surface area (Å²) in [7, 11) is 0. The number of amides is 1. The Bertz CT molecular complexity index is 534. The zero-order valence-corrected chi connectivity index (χ0v) is 11.9. The van der Waals surface area contributed by atoms with Gasteiger partial charge < -0.3 is 10.4 Å². The number of hydrogen-bond donors (Lipinski definition) is 2. The molecule has 0 atom stereocenters. The summed E-state index contributed by atoms with van der Waals surface area (Å²) in [6.07, 6.45) is 4.97. The van der Waals surface area contributed by atoms with Crippen LogP contribution in [0.3, 0.4) is 0 Å². The van der Waals surface area contributed by atoms with Crippen LogP contribution in [0.4, 0.5) is 0 Å². The highest BCUT2D eigenvalue weighted by Gasteiger charge is 2.19. The summed E-state index contributed by atoms with van der Waals surface area (Å²) < 4.78 is 0. The quantitative estimate of drug-likeness (QED) is 0.829. The van der Waals surface area contributed by atoms with Gasteiger partial charge in [0.25, 0.3) is 5.91 Å². The van der Waals surface area contributed by atoms with Crippen molar-refractivity contribution >= 4 is 5.91 Å². The smallest absolute Gasteiger partial charge is 0.252 e. The van der Waals surface area contributed by atoms with Gasteiger partial charge in [0.1, 0.15) is 0 Å². The predicted molar refractivity (Wildman–Crippen MR) is 79.5 cm³/mol. The van der Waals surface area contributed by atoms with Crippen LogP contribution in [-0.2, 0) is 0 Å². The molecular weight excluding hydrogens is 250 g/mol. The van der Waals surface area contributed by atoms with Gasteiger partial charge >= 0.3 is 0 Å². The van der Waals surface area contributed by atoms with Crippen LogP contribution < -0.4 is 5.32 Å². The molecule has 1 aliphatic rings. The molecule has 0 heterocycles. The Balaban J connectivity index is 2.17. The first-order valence-corrected chi connectivity index (χ1v) is 7.22. The van der Waals surface area contributed by atoms with E-state index in [-0.39, 0.29) is 12.5 Å². The van der Waals surface area contributed by atoms with Gasteiger partial charge in [-0.15, -0.1) is 0 Å². The van der Waals surface area contributed by atoms with E-state index in [2.05, 4.69) is 17.2 Å². The van der Waals surface area contributed by atoms with E-state index in [0.717, 1.165) is 24.0 Å². The van der Waals surface area contributed by atoms with Crippen LogP contribution in [0.15, 0.2) is 18.2 Å². The summed E-state index contributed by atoms with van der Waals surface area (Å²) in [5.74, 6) is 5.84. The highest BCUT2D eigenvalue weighted by molar-refractivity contribution is 5.97. The number of nitrogens with one attached hydrogen (secondary N) is 1. The summed E-state index contributed by atoms with van der Waals surface area (Å²) in [4.78, 5) is 12.3. The van der Waals surface area contributed by atoms with Crippen molar-refractivity contribution in [1.82, 2.24) is 5.32 Å². The standard InChI is InChI=1S/C17H21NO2/c1-13-9-10-16(14(12-13)6-4-5-11-19)17(20)18-15-7-2-3-8-15/h9-10,12,15,19H,2-3,5,7-8,11H2,1H3,(H,18,20). The van der Waals surface area contributed by atoms with Crippen molar-refractivity contribution < 1.29 is 9.90 Å². The van der Waals surface area contributed by atoms with Crippen LogP contribution in [0.2, 0.25) is 0 Å². The minimum absolute atomic E-state index is 0.0369. The SMILES string of the molecule is Cc1ccc(C(=O)NC2CCCC2)c(C#CCCO)c1. The topological polar surface area (TPSA) is 49.3 Å². The average Bonchev–Trinajstić information content (AvgIpc) is 2.92. The molecule has 0 aliphatic heterocycles. The number of aryl methyl sites for hydroxylation is 1. The van der Waals surface area contributed by atoms with Crippen LogP contribution in [0, 0.1) is 18.8 Å². The summed E-state index contributed by atoms with van der Waals surface area (Å²) in [6.45, 7) is 2.03. The second-order valence-corrected chi connectivity index (χ2v) is 5.28. The number of aliphatic hydroxyl groups excluding tert-OH is 1. The van der Waals surface area contributed by atoms with Gasteiger partial charge in [0, 0.05) is 18.0 Å². The lowest BCUT2D eigenvalue weighted by atomic mass is 10.0. The van der Waals surface area contributed by atoms with Crippen molar-refractivity contribution in [2.75, 3.05) is 6.61 Å². The third-order valence-corrected chi connectivity index (χ3v) is 3.57. The van der Waals surface area contributed by atoms with Crippen molar-refractivity contribution in [2.45, 2.75) is 45.1 Å². The van der Waals surface area contributed by atoms with Crippen molar-refractivity contribution in [3.8, 4) is 11.8 Å². The molecule has 1 saturated carbocycles. The first-order valence-electron chi connectivity index (χ1n) is 7.22. The number of hydrogen-bond acceptors (Lipinski definition) is 2. The second kappa shape index (κ2) is 7.12. The molecular formula is C17H21NO2. The summed E-state index contributed by atoms with van der Waals surface area (Å²) in [6, 6.07) is 6.00. The normalized spacial score (nSPS) is 14.7. The number of carbonyl (C=O) groups excluding carboxylic acids is 1. The zero-order chi connectivity index (χ0) is 14.4. The van der Waals surface area contributed by atoms with Crippen LogP contribution in [0.1, 0.15) is 53.6 Å². The fourth-order valence-electron chi connectivity index (χ4n) is 2.51. The Morgan fingerprint density at radius 3 is 2.85 bits per heavy atom. The lowest BCUT2D eigenvalue weighted by molar-refractivity contribution is 0.0937. The molecule has 3 nitrogen and oxygen atoms in total. The Labute approximate surface area is 120 Å². The molecule has 2 N–H and O–H groups in total. The summed E-state index contributed by atoms with van der Waals surface area (Å²) in [5, 5.41) is 11.9. The number of benzene rings is 1. The van der Waals surface area contributed by atoms with Gasteiger partial charge in [0.2, 0.25) is 0 Å². The molecule has 0 spiro atoms. The summed E-state index contributed by atoms with van der Waals surface area (Å²) in [5.41, 5.74) is 2.46. The molecule has 1 aromatic rings. The Kier molecular flexibility index (Phi) is 5.20. The molecule has 1 aromatic carbocycles. The van der Waals surface area contributed by atoms with E-state index >= 15 is 0 Å². The third kappa shape index (κ3) is 3.85. The minimum Gasteiger partial charge on any atom is -0.395 e. The first kappa shape index (κ1) is 14.6. The lowest BCUT2D eigenvalue weighted by Gasteiger charge is -2.13. The Morgan fingerprint density at radius 2 is 2.15 bits per heavy atom. The molecule has 106 valence electrons. The molecule has 3 heteroatoms. The van der Waals surface area contributed by atoms with Crippen molar-refractivity contribution in [3.63, 3.8) is 0 Å². The number of aliphatic hydroxyl groups is 1. The van der Waals surface area contributed by atoms with E-state index in [1.54, 1.807) is 0 Å². The van der Waals surface area contributed by atoms with Gasteiger partial charge in [-0.1, -0.05) is 30.7 Å². The number of carbonyl (C=O) groups is 1. The monoisotopic (exact) mass is 271 g/mol. The van der Waals surface area contributed by atoms with E-state index < -0.39 is 0 Å². The maximum absolute atomic E-state index is 12.3. The fraction of sp³-hybridized carbons (Fsp3) is 0.471. The Morgan fingerprint density at radius 1 is 1.40 bits per heavy atom. The molecule has 0 unspecified atom stereocenters. The molecule has 0 radical (unpaired) electrons. The average molecular weight is 271 g/mol. The van der Waals surface area contributed by atoms with Gasteiger partial charge in [-0.05, 0) is 37.5 Å². The van der Waals surface area contributed by atoms with Crippen LogP contribution in [-0.4, -0.2) is 23.7 Å². The highest BCUT2D eigenvalue weighted by atomic mass is 16.2. The maximum atomic E-state index is 12.3. The van der Waals surface area contributed by atoms with E-state index in [9.17, 15) is 4.79 Å². The molecule has 1 amide bonds. The first-order chi connectivity index (χ1) is 9.70. The van der Waals surface area contributed by atoms with Gasteiger partial charge in [-0.25, -0.2) is 0 Å². The third-order valence-electron chi connectivity index (χ3n) is 3.57. The molecule has 1 fully saturated rings. The molecule has 0 saturated heterocycles. The van der Waals surface area contributed by atoms with E-state index in [4.69, 9.17) is 5.11 Å². The second-order valence-electron chi connectivity index (χ2n) is 5.28. The Hall–Kier alpha value is -1.79. The fourth-order valence-corrected chi connectivity index (χ4v) is 2.51. The van der Waals surface area contributed by atoms with Gasteiger partial charge in [-0.3, -0.25) is 4.79 Å². The molecule has 2 rings (SSSR count). The molecule has 0 aromatic heterocycles. The largest absolute Gasteiger partial charge is 0.395 e. The van der Waals surface area contributed by atoms with E-state index in [1.165, 1.54) is 12.8 Å². The van der Waals surface area contributed by atoms with Crippen LogP contribution >= 0.6 is 0 Å². The molecule has 1 aliphatic carbocycles. The maximum Gasteiger partial charge on any atom is 0.252 e. The minimum atomic E-state index is -0.0369. The summed E-state index contributed by atoms with van der Waals surface area (Å²) >= 11 is 0. The lowest BCUT2D eigenvalue weighted by Crippen LogP contribution is -2.33. The zero-order valence-electron chi connectivity index (χ0n) is 11.9. The van der Waals surface area contributed by atoms with Crippen molar-refractivity contribution in [3.05, 3.63) is 34.9 Å². The van der Waals surface area contributed by atoms with Crippen LogP contribution in [0.5, 0.6) is 0 Å². The van der Waals surface area contributed by atoms with E-state index in [1.807, 2.05) is 25.1 Å². The highest BCUT2D eigenvalue weighted by Crippen LogP contribution is 2.19. The van der Waals surface area contributed by atoms with Gasteiger partial charge in [-0.2, -0.15) is 0 Å². The van der Waals surface area contributed by atoms with Crippen molar-refractivity contribution in [1.29, 1.82) is 0 Å². The molecule has 0 bridgehead atoms. The predicted octanol–water partition coefficient (Wildman–Crippen LogP) is 2.40. The number of rotatable bonds is 3. The van der Waals surface area contributed by atoms with Gasteiger partial charge in [0.15, 0.2) is 0 Å². The van der Waals surface area contributed by atoms with E-state index in [0.29, 0.717) is 18.0 Å². The van der Waals surface area contributed by atoms with Crippen LogP contribution in [0.25, 0.3) is 0 Å².